The minimum atomic E-state index is -4.96. The number of unbranched alkanes of at least 4 members (excludes halogenated alkanes) is 49. The van der Waals surface area contributed by atoms with Crippen molar-refractivity contribution in [3.63, 3.8) is 0 Å². The normalized spacial score (nSPS) is 13.9. The lowest BCUT2D eigenvalue weighted by molar-refractivity contribution is -0.161. The largest absolute Gasteiger partial charge is 0.472 e. The molecule has 0 aliphatic heterocycles. The number of carbonyl (C=O) groups is 4. The molecule has 2 unspecified atom stereocenters. The van der Waals surface area contributed by atoms with E-state index in [1.54, 1.807) is 0 Å². The molecule has 0 spiro atoms. The fourth-order valence-electron chi connectivity index (χ4n) is 11.9. The Labute approximate surface area is 588 Å². The monoisotopic (exact) mass is 1410 g/mol. The van der Waals surface area contributed by atoms with Gasteiger partial charge in [0.25, 0.3) is 0 Å². The van der Waals surface area contributed by atoms with Crippen LogP contribution in [-0.2, 0) is 65.4 Å². The molecule has 3 N–H and O–H groups in total. The zero-order valence-corrected chi connectivity index (χ0v) is 64.3. The van der Waals surface area contributed by atoms with Crippen molar-refractivity contribution in [2.75, 3.05) is 39.6 Å². The zero-order valence-electron chi connectivity index (χ0n) is 62.5. The van der Waals surface area contributed by atoms with E-state index in [-0.39, 0.29) is 25.7 Å². The van der Waals surface area contributed by atoms with Gasteiger partial charge in [0.1, 0.15) is 19.3 Å². The van der Waals surface area contributed by atoms with Crippen molar-refractivity contribution in [2.45, 2.75) is 425 Å². The van der Waals surface area contributed by atoms with Gasteiger partial charge < -0.3 is 33.8 Å². The predicted octanol–water partition coefficient (Wildman–Crippen LogP) is 22.9. The molecule has 0 rings (SSSR count). The van der Waals surface area contributed by atoms with E-state index in [2.05, 4.69) is 34.6 Å². The van der Waals surface area contributed by atoms with Crippen LogP contribution < -0.4 is 0 Å². The third-order valence-corrected chi connectivity index (χ3v) is 19.9. The number of aliphatic hydroxyl groups is 1. The molecule has 0 saturated carbocycles. The molecule has 0 amide bonds. The van der Waals surface area contributed by atoms with Crippen LogP contribution in [0.1, 0.15) is 407 Å². The topological polar surface area (TPSA) is 237 Å². The second-order valence-electron chi connectivity index (χ2n) is 28.2. The molecule has 19 heteroatoms. The van der Waals surface area contributed by atoms with Crippen molar-refractivity contribution >= 4 is 39.5 Å². The number of carbonyl (C=O) groups excluding carboxylic acids is 4. The fourth-order valence-corrected chi connectivity index (χ4v) is 13.5. The van der Waals surface area contributed by atoms with E-state index >= 15 is 0 Å². The van der Waals surface area contributed by atoms with Crippen LogP contribution in [0.3, 0.4) is 0 Å². The maximum absolute atomic E-state index is 13.1. The van der Waals surface area contributed by atoms with Gasteiger partial charge in [-0.1, -0.05) is 356 Å². The summed E-state index contributed by atoms with van der Waals surface area (Å²) >= 11 is 0. The lowest BCUT2D eigenvalue weighted by Crippen LogP contribution is -2.30. The number of phosphoric ester groups is 2. The average molecular weight is 1410 g/mol. The molecule has 570 valence electrons. The maximum atomic E-state index is 13.1. The first-order valence-corrected chi connectivity index (χ1v) is 43.1. The minimum Gasteiger partial charge on any atom is -0.462 e. The standard InChI is InChI=1S/C77H150O17P2/c1-6-9-12-15-18-21-24-27-29-30-31-34-37-42-48-53-58-63-77(82)93-72(66-87-74(79)60-55-50-45-40-35-33-28-25-22-19-16-13-10-7-2)68-91-95(83,84)89-64-71(78)65-90-96(85,86)92-69-73(67-88-75(80)61-56-51-46-43-38-39-44-49-54-59-70(4)5)94-76(81)62-57-52-47-41-36-32-26-23-20-17-14-11-8-3/h70-73,78H,6-69H2,1-5H3,(H,83,84)(H,85,86)/t71-,72-,73-/m1/s1. The van der Waals surface area contributed by atoms with Gasteiger partial charge in [0.05, 0.1) is 26.4 Å². The van der Waals surface area contributed by atoms with Gasteiger partial charge >= 0.3 is 39.5 Å². The van der Waals surface area contributed by atoms with Gasteiger partial charge in [0.2, 0.25) is 0 Å². The first-order chi connectivity index (χ1) is 46.5. The van der Waals surface area contributed by atoms with E-state index < -0.39 is 97.5 Å². The molecule has 0 fully saturated rings. The molecule has 0 aliphatic carbocycles. The first kappa shape index (κ1) is 94.1. The smallest absolute Gasteiger partial charge is 0.462 e. The summed E-state index contributed by atoms with van der Waals surface area (Å²) in [6.45, 7) is 7.29. The van der Waals surface area contributed by atoms with Crippen LogP contribution in [0.2, 0.25) is 0 Å². The molecule has 0 bridgehead atoms. The highest BCUT2D eigenvalue weighted by molar-refractivity contribution is 7.47. The van der Waals surface area contributed by atoms with Gasteiger partial charge in [-0.15, -0.1) is 0 Å². The predicted molar refractivity (Wildman–Crippen MR) is 391 cm³/mol. The first-order valence-electron chi connectivity index (χ1n) is 40.1. The average Bonchev–Trinajstić information content (AvgIpc) is 1.45. The Morgan fingerprint density at radius 1 is 0.281 bits per heavy atom. The Bertz CT molecular complexity index is 1840. The number of ether oxygens (including phenoxy) is 4. The molecule has 0 aromatic carbocycles. The van der Waals surface area contributed by atoms with Crippen LogP contribution in [0.25, 0.3) is 0 Å². The number of rotatable bonds is 77. The molecule has 96 heavy (non-hydrogen) atoms. The molecule has 5 atom stereocenters. The molecule has 0 aromatic heterocycles. The van der Waals surface area contributed by atoms with Crippen molar-refractivity contribution in [1.29, 1.82) is 0 Å². The van der Waals surface area contributed by atoms with Gasteiger partial charge in [-0.3, -0.25) is 37.3 Å². The van der Waals surface area contributed by atoms with Gasteiger partial charge in [-0.25, -0.2) is 9.13 Å². The number of phosphoric acid groups is 2. The summed E-state index contributed by atoms with van der Waals surface area (Å²) in [7, 11) is -9.91. The van der Waals surface area contributed by atoms with E-state index in [0.717, 1.165) is 95.8 Å². The number of hydrogen-bond acceptors (Lipinski definition) is 15. The summed E-state index contributed by atoms with van der Waals surface area (Å²) in [5, 5.41) is 10.6. The molecule has 0 aromatic rings. The summed E-state index contributed by atoms with van der Waals surface area (Å²) < 4.78 is 68.6. The third kappa shape index (κ3) is 70.5. The highest BCUT2D eigenvalue weighted by Crippen LogP contribution is 2.45. The Hall–Kier alpha value is -1.94. The van der Waals surface area contributed by atoms with E-state index in [1.807, 2.05) is 0 Å². The fraction of sp³-hybridized carbons (Fsp3) is 0.948. The Morgan fingerprint density at radius 2 is 0.479 bits per heavy atom. The van der Waals surface area contributed by atoms with Crippen molar-refractivity contribution in [3.05, 3.63) is 0 Å². The second kappa shape index (κ2) is 70.1. The zero-order chi connectivity index (χ0) is 70.5. The molecule has 17 nitrogen and oxygen atoms in total. The van der Waals surface area contributed by atoms with E-state index in [0.29, 0.717) is 25.7 Å². The van der Waals surface area contributed by atoms with Crippen molar-refractivity contribution in [2.24, 2.45) is 5.92 Å². The van der Waals surface area contributed by atoms with Crippen molar-refractivity contribution in [1.82, 2.24) is 0 Å². The van der Waals surface area contributed by atoms with Crippen LogP contribution in [-0.4, -0.2) is 96.7 Å². The van der Waals surface area contributed by atoms with Crippen LogP contribution in [0.15, 0.2) is 0 Å². The highest BCUT2D eigenvalue weighted by atomic mass is 31.2. The summed E-state index contributed by atoms with van der Waals surface area (Å²) in [5.74, 6) is -1.37. The van der Waals surface area contributed by atoms with Gasteiger partial charge in [0.15, 0.2) is 12.2 Å². The molecular weight excluding hydrogens is 1260 g/mol. The summed E-state index contributed by atoms with van der Waals surface area (Å²) in [5.41, 5.74) is 0. The summed E-state index contributed by atoms with van der Waals surface area (Å²) in [4.78, 5) is 72.9. The maximum Gasteiger partial charge on any atom is 0.472 e. The van der Waals surface area contributed by atoms with Crippen LogP contribution in [0, 0.1) is 5.92 Å². The van der Waals surface area contributed by atoms with Gasteiger partial charge in [-0.2, -0.15) is 0 Å². The van der Waals surface area contributed by atoms with E-state index in [4.69, 9.17) is 37.0 Å². The van der Waals surface area contributed by atoms with E-state index in [1.165, 1.54) is 231 Å². The molecule has 0 radical (unpaired) electrons. The molecule has 0 saturated heterocycles. The lowest BCUT2D eigenvalue weighted by atomic mass is 10.0. The second-order valence-corrected chi connectivity index (χ2v) is 31.1. The van der Waals surface area contributed by atoms with Crippen molar-refractivity contribution in [3.8, 4) is 0 Å². The Balaban J connectivity index is 5.26. The summed E-state index contributed by atoms with van der Waals surface area (Å²) in [6.07, 6.45) is 59.5. The number of hydrogen-bond donors (Lipinski definition) is 3. The minimum absolute atomic E-state index is 0.108. The third-order valence-electron chi connectivity index (χ3n) is 18.0. The number of aliphatic hydroxyl groups excluding tert-OH is 1. The van der Waals surface area contributed by atoms with Gasteiger partial charge in [0, 0.05) is 25.7 Å². The lowest BCUT2D eigenvalue weighted by Gasteiger charge is -2.21. The summed E-state index contributed by atoms with van der Waals surface area (Å²) in [6, 6.07) is 0. The molecule has 0 heterocycles. The number of esters is 4. The van der Waals surface area contributed by atoms with Crippen LogP contribution >= 0.6 is 15.6 Å². The van der Waals surface area contributed by atoms with E-state index in [9.17, 15) is 43.2 Å². The van der Waals surface area contributed by atoms with Gasteiger partial charge in [-0.05, 0) is 31.6 Å². The van der Waals surface area contributed by atoms with Crippen molar-refractivity contribution < 1.29 is 80.2 Å². The quantitative estimate of drug-likeness (QED) is 0.0222. The van der Waals surface area contributed by atoms with Crippen LogP contribution in [0.5, 0.6) is 0 Å². The SMILES string of the molecule is CCCCCCCCCCCCCCCCCCCC(=O)O[C@H](COC(=O)CCCCCCCCCCCCCCCC)COP(=O)(O)OC[C@@H](O)COP(=O)(O)OC[C@@H](COC(=O)CCCCCCCCCCCC(C)C)OC(=O)CCCCCCCCCCCCCCC. The van der Waals surface area contributed by atoms with Crippen LogP contribution in [0.4, 0.5) is 0 Å². The highest BCUT2D eigenvalue weighted by Gasteiger charge is 2.30. The Kier molecular flexibility index (Phi) is 68.7. The molecule has 0 aliphatic rings. The Morgan fingerprint density at radius 3 is 0.708 bits per heavy atom. The molecular formula is C77H150O17P2.